The Kier molecular flexibility index (Phi) is 9.54. The molecule has 3 aliphatic heterocycles. The van der Waals surface area contributed by atoms with Crippen LogP contribution in [0.25, 0.3) is 11.3 Å². The molecule has 13 nitrogen and oxygen atoms in total. The summed E-state index contributed by atoms with van der Waals surface area (Å²) in [6.07, 6.45) is -2.27. The van der Waals surface area contributed by atoms with E-state index in [4.69, 9.17) is 14.2 Å². The molecular formula is C32H35F3N8O5. The minimum Gasteiger partial charge on any atom is -0.483 e. The van der Waals surface area contributed by atoms with Crippen LogP contribution in [-0.4, -0.2) is 120 Å². The topological polar surface area (TPSA) is 149 Å². The van der Waals surface area contributed by atoms with Crippen LogP contribution in [0, 0.1) is 17.1 Å². The Bertz CT molecular complexity index is 1690. The van der Waals surface area contributed by atoms with Crippen molar-refractivity contribution in [3.63, 3.8) is 0 Å². The van der Waals surface area contributed by atoms with Crippen molar-refractivity contribution in [2.24, 2.45) is 0 Å². The summed E-state index contributed by atoms with van der Waals surface area (Å²) in [5.74, 6) is -4.33. The average molecular weight is 669 g/mol. The van der Waals surface area contributed by atoms with Gasteiger partial charge in [0.1, 0.15) is 35.1 Å². The molecule has 48 heavy (non-hydrogen) atoms. The second kappa shape index (κ2) is 13.8. The van der Waals surface area contributed by atoms with Crippen molar-refractivity contribution in [3.8, 4) is 29.0 Å². The van der Waals surface area contributed by atoms with E-state index in [0.717, 1.165) is 56.2 Å². The molecule has 2 aromatic heterocycles. The van der Waals surface area contributed by atoms with Crippen LogP contribution < -0.4 is 19.7 Å². The number of hydrogen-bond acceptors (Lipinski definition) is 12. The third-order valence-corrected chi connectivity index (χ3v) is 8.66. The molecule has 0 radical (unpaired) electrons. The number of nitriles is 1. The van der Waals surface area contributed by atoms with E-state index >= 15 is 0 Å². The largest absolute Gasteiger partial charge is 0.483 e. The Balaban J connectivity index is 1.15. The third-order valence-electron chi connectivity index (χ3n) is 8.66. The highest BCUT2D eigenvalue weighted by atomic mass is 19.3. The summed E-state index contributed by atoms with van der Waals surface area (Å²) in [7, 11) is 1.53. The maximum atomic E-state index is 15.0. The van der Waals surface area contributed by atoms with Crippen LogP contribution in [0.5, 0.6) is 11.6 Å². The van der Waals surface area contributed by atoms with E-state index < -0.39 is 36.4 Å². The van der Waals surface area contributed by atoms with Gasteiger partial charge in [0.2, 0.25) is 11.8 Å². The lowest BCUT2D eigenvalue weighted by atomic mass is 10.0. The number of carbonyl (C=O) groups excluding carboxylic acids is 1. The van der Waals surface area contributed by atoms with Crippen molar-refractivity contribution in [3.05, 3.63) is 47.9 Å². The molecule has 0 spiro atoms. The number of amides is 1. The first-order chi connectivity index (χ1) is 23.1. The molecule has 1 amide bonds. The number of aliphatic hydroxyl groups is 1. The van der Waals surface area contributed by atoms with Gasteiger partial charge in [0, 0.05) is 44.7 Å². The number of piperazine rings is 1. The second-order valence-electron chi connectivity index (χ2n) is 11.9. The van der Waals surface area contributed by atoms with Gasteiger partial charge < -0.3 is 34.4 Å². The lowest BCUT2D eigenvalue weighted by Gasteiger charge is -2.43. The zero-order valence-electron chi connectivity index (χ0n) is 26.4. The van der Waals surface area contributed by atoms with E-state index in [1.165, 1.54) is 32.2 Å². The second-order valence-corrected chi connectivity index (χ2v) is 11.9. The maximum Gasteiger partial charge on any atom is 0.301 e. The van der Waals surface area contributed by atoms with Gasteiger partial charge >= 0.3 is 5.92 Å². The first kappa shape index (κ1) is 33.2. The summed E-state index contributed by atoms with van der Waals surface area (Å²) < 4.78 is 61.3. The Labute approximate surface area is 274 Å². The summed E-state index contributed by atoms with van der Waals surface area (Å²) in [6.45, 7) is 5.21. The number of nitrogens with zero attached hydrogens (tertiary/aromatic N) is 7. The molecule has 1 aromatic carbocycles. The van der Waals surface area contributed by atoms with Crippen molar-refractivity contribution < 1.29 is 37.3 Å². The van der Waals surface area contributed by atoms with Gasteiger partial charge in [-0.15, -0.1) is 0 Å². The van der Waals surface area contributed by atoms with Gasteiger partial charge in [0.15, 0.2) is 11.9 Å². The first-order valence-electron chi connectivity index (χ1n) is 15.5. The molecule has 3 aromatic rings. The molecule has 0 unspecified atom stereocenters. The normalized spacial score (nSPS) is 20.4. The fraction of sp³-hybridized carbons (Fsp3) is 0.469. The molecule has 2 atom stereocenters. The van der Waals surface area contributed by atoms with E-state index in [1.54, 1.807) is 6.07 Å². The summed E-state index contributed by atoms with van der Waals surface area (Å²) >= 11 is 0. The molecule has 16 heteroatoms. The van der Waals surface area contributed by atoms with Crippen LogP contribution in [0.3, 0.4) is 0 Å². The number of pyridine rings is 1. The van der Waals surface area contributed by atoms with Gasteiger partial charge in [0.05, 0.1) is 44.7 Å². The molecule has 3 aliphatic rings. The third kappa shape index (κ3) is 6.93. The predicted molar refractivity (Wildman–Crippen MR) is 167 cm³/mol. The minimum absolute atomic E-state index is 0.0296. The first-order valence-corrected chi connectivity index (χ1v) is 15.5. The van der Waals surface area contributed by atoms with E-state index in [-0.39, 0.29) is 41.5 Å². The van der Waals surface area contributed by atoms with Gasteiger partial charge in [-0.1, -0.05) is 0 Å². The van der Waals surface area contributed by atoms with E-state index in [0.29, 0.717) is 17.7 Å². The molecule has 0 bridgehead atoms. The highest BCUT2D eigenvalue weighted by Gasteiger charge is 2.48. The van der Waals surface area contributed by atoms with E-state index in [1.807, 2.05) is 12.1 Å². The Morgan fingerprint density at radius 3 is 2.58 bits per heavy atom. The fourth-order valence-corrected chi connectivity index (χ4v) is 5.94. The quantitative estimate of drug-likeness (QED) is 0.345. The molecule has 0 saturated carbocycles. The minimum atomic E-state index is -3.44. The number of benzene rings is 1. The number of aliphatic hydroxyl groups excluding tert-OH is 1. The fourth-order valence-electron chi connectivity index (χ4n) is 5.94. The number of halogens is 3. The Morgan fingerprint density at radius 1 is 1.17 bits per heavy atom. The maximum absolute atomic E-state index is 15.0. The number of carbonyl (C=O) groups is 1. The highest BCUT2D eigenvalue weighted by Crippen LogP contribution is 2.35. The number of methoxy groups -OCH3 is 1. The highest BCUT2D eigenvalue weighted by molar-refractivity contribution is 5.80. The number of piperidine rings is 1. The lowest BCUT2D eigenvalue weighted by molar-refractivity contribution is -0.165. The summed E-state index contributed by atoms with van der Waals surface area (Å²) in [5.41, 5.74) is 0.793. The van der Waals surface area contributed by atoms with Crippen molar-refractivity contribution in [1.82, 2.24) is 24.8 Å². The monoisotopic (exact) mass is 668 g/mol. The van der Waals surface area contributed by atoms with Crippen molar-refractivity contribution in [2.75, 3.05) is 69.8 Å². The van der Waals surface area contributed by atoms with Gasteiger partial charge in [-0.3, -0.25) is 9.69 Å². The van der Waals surface area contributed by atoms with Crippen LogP contribution in [-0.2, 0) is 9.53 Å². The molecule has 0 aliphatic carbocycles. The molecule has 3 fully saturated rings. The molecule has 254 valence electrons. The van der Waals surface area contributed by atoms with Gasteiger partial charge in [0.25, 0.3) is 5.91 Å². The number of nitrogens with one attached hydrogen (secondary N) is 1. The van der Waals surface area contributed by atoms with Crippen LogP contribution in [0.1, 0.15) is 18.9 Å². The molecule has 2 N–H and O–H groups in total. The van der Waals surface area contributed by atoms with Crippen LogP contribution in [0.4, 0.5) is 30.6 Å². The van der Waals surface area contributed by atoms with Gasteiger partial charge in [-0.05, 0) is 37.3 Å². The van der Waals surface area contributed by atoms with Crippen molar-refractivity contribution in [1.29, 1.82) is 5.26 Å². The zero-order valence-corrected chi connectivity index (χ0v) is 26.4. The standard InChI is InChI=1S/C32H35F3N8O5/c1-19(44)30(45)43-8-7-26(32(34,35)18-43)48-25-5-3-20(13-21(25)14-36)28-23(33)15-37-31(40-28)39-27-6-4-24(29(38-27)46-2)42-11-9-41(10-12-42)22-16-47-17-22/h3-6,13,15,19,22,26,44H,7-12,16-18H2,1-2H3,(H,37,38,39,40)/t19-,26+/m0/s1. The molecule has 6 rings (SSSR count). The number of ether oxygens (including phenoxy) is 3. The number of rotatable bonds is 9. The van der Waals surface area contributed by atoms with E-state index in [2.05, 4.69) is 30.1 Å². The number of hydrogen-bond donors (Lipinski definition) is 2. The Morgan fingerprint density at radius 2 is 1.94 bits per heavy atom. The number of anilines is 3. The zero-order chi connectivity index (χ0) is 34.0. The summed E-state index contributed by atoms with van der Waals surface area (Å²) in [4.78, 5) is 30.4. The SMILES string of the molecule is COc1nc(Nc2ncc(F)c(-c3ccc(O[C@@H]4CCN(C(=O)[C@H](C)O)CC4(F)F)c(C#N)c3)n2)ccc1N1CCN(C2COC2)CC1. The van der Waals surface area contributed by atoms with E-state index in [9.17, 15) is 28.3 Å². The van der Waals surface area contributed by atoms with Gasteiger partial charge in [-0.2, -0.15) is 10.2 Å². The van der Waals surface area contributed by atoms with Gasteiger partial charge in [-0.25, -0.2) is 23.1 Å². The smallest absolute Gasteiger partial charge is 0.301 e. The Hall–Kier alpha value is -4.72. The molecule has 3 saturated heterocycles. The number of aromatic nitrogens is 3. The number of likely N-dealkylation sites (tertiary alicyclic amines) is 1. The summed E-state index contributed by atoms with van der Waals surface area (Å²) in [5, 5.41) is 22.3. The van der Waals surface area contributed by atoms with Crippen LogP contribution in [0.15, 0.2) is 36.5 Å². The van der Waals surface area contributed by atoms with Crippen LogP contribution >= 0.6 is 0 Å². The predicted octanol–water partition coefficient (Wildman–Crippen LogP) is 2.82. The summed E-state index contributed by atoms with van der Waals surface area (Å²) in [6, 6.07) is 10.0. The van der Waals surface area contributed by atoms with Crippen LogP contribution in [0.2, 0.25) is 0 Å². The molecule has 5 heterocycles. The van der Waals surface area contributed by atoms with Crippen molar-refractivity contribution in [2.45, 2.75) is 37.5 Å². The molecular weight excluding hydrogens is 633 g/mol. The number of alkyl halides is 2. The lowest BCUT2D eigenvalue weighted by Crippen LogP contribution is -2.56. The average Bonchev–Trinajstić information content (AvgIpc) is 3.05. The van der Waals surface area contributed by atoms with Crippen molar-refractivity contribution >= 4 is 23.4 Å².